The zero-order valence-electron chi connectivity index (χ0n) is 8.93. The van der Waals surface area contributed by atoms with E-state index >= 15 is 0 Å². The second-order valence-corrected chi connectivity index (χ2v) is 4.75. The molecule has 1 unspecified atom stereocenters. The van der Waals surface area contributed by atoms with E-state index in [2.05, 4.69) is 20.9 Å². The van der Waals surface area contributed by atoms with E-state index in [1.165, 1.54) is 11.1 Å². The van der Waals surface area contributed by atoms with Gasteiger partial charge < -0.3 is 5.11 Å². The second kappa shape index (κ2) is 4.82. The van der Waals surface area contributed by atoms with Crippen LogP contribution in [0.2, 0.25) is 0 Å². The van der Waals surface area contributed by atoms with Crippen molar-refractivity contribution in [3.63, 3.8) is 0 Å². The van der Waals surface area contributed by atoms with Gasteiger partial charge in [0, 0.05) is 31.7 Å². The van der Waals surface area contributed by atoms with Gasteiger partial charge in [-0.15, -0.1) is 0 Å². The van der Waals surface area contributed by atoms with Crippen molar-refractivity contribution in [2.24, 2.45) is 5.92 Å². The Morgan fingerprint density at radius 2 is 2.47 bits per heavy atom. The molecular weight excluding hydrogens is 286 g/mol. The summed E-state index contributed by atoms with van der Waals surface area (Å²) < 4.78 is 0.614. The lowest BCUT2D eigenvalue weighted by Crippen LogP contribution is -2.26. The fourth-order valence-corrected chi connectivity index (χ4v) is 2.36. The number of carbonyl (C=O) groups excluding carboxylic acids is 1. The van der Waals surface area contributed by atoms with E-state index < -0.39 is 0 Å². The number of carbonyl (C=O) groups is 1. The van der Waals surface area contributed by atoms with E-state index in [4.69, 9.17) is 10.4 Å². The number of anilines is 1. The fourth-order valence-electron chi connectivity index (χ4n) is 1.80. The van der Waals surface area contributed by atoms with Crippen molar-refractivity contribution in [3.05, 3.63) is 22.3 Å². The van der Waals surface area contributed by atoms with Gasteiger partial charge in [0.15, 0.2) is 0 Å². The van der Waals surface area contributed by atoms with Gasteiger partial charge in [-0.1, -0.05) is 0 Å². The van der Waals surface area contributed by atoms with Gasteiger partial charge in [-0.3, -0.25) is 9.69 Å². The highest BCUT2D eigenvalue weighted by Crippen LogP contribution is 2.29. The molecule has 17 heavy (non-hydrogen) atoms. The molecule has 2 rings (SSSR count). The van der Waals surface area contributed by atoms with Crippen LogP contribution in [0.15, 0.2) is 16.7 Å². The molecule has 1 aliphatic rings. The normalized spacial score (nSPS) is 19.5. The Labute approximate surface area is 107 Å². The molecule has 1 aromatic heterocycles. The van der Waals surface area contributed by atoms with Gasteiger partial charge in [-0.25, -0.2) is 4.98 Å². The zero-order valence-corrected chi connectivity index (χ0v) is 10.5. The number of hydrogen-bond acceptors (Lipinski definition) is 4. The number of amides is 1. The summed E-state index contributed by atoms with van der Waals surface area (Å²) in [4.78, 5) is 17.4. The minimum absolute atomic E-state index is 0.00383. The van der Waals surface area contributed by atoms with Crippen LogP contribution in [-0.2, 0) is 4.79 Å². The molecule has 1 N–H and O–H groups in total. The Balaban J connectivity index is 2.29. The number of aliphatic hydroxyl groups is 1. The molecule has 0 aliphatic carbocycles. The molecule has 5 nitrogen and oxygen atoms in total. The molecular formula is C11H10BrN3O2. The third-order valence-corrected chi connectivity index (χ3v) is 3.25. The van der Waals surface area contributed by atoms with E-state index in [1.54, 1.807) is 6.07 Å². The first-order chi connectivity index (χ1) is 8.15. The number of aromatic nitrogens is 1. The summed E-state index contributed by atoms with van der Waals surface area (Å²) in [5.41, 5.74) is 0.436. The van der Waals surface area contributed by atoms with Crippen molar-refractivity contribution in [3.8, 4) is 6.07 Å². The number of pyridine rings is 1. The number of rotatable bonds is 2. The van der Waals surface area contributed by atoms with E-state index in [9.17, 15) is 4.79 Å². The topological polar surface area (TPSA) is 77.2 Å². The van der Waals surface area contributed by atoms with Gasteiger partial charge in [0.1, 0.15) is 11.9 Å². The predicted molar refractivity (Wildman–Crippen MR) is 64.2 cm³/mol. The molecule has 0 aromatic carbocycles. The highest BCUT2D eigenvalue weighted by atomic mass is 79.9. The van der Waals surface area contributed by atoms with Crippen molar-refractivity contribution in [2.75, 3.05) is 18.1 Å². The van der Waals surface area contributed by atoms with Crippen molar-refractivity contribution in [2.45, 2.75) is 6.42 Å². The highest BCUT2D eigenvalue weighted by Gasteiger charge is 2.31. The highest BCUT2D eigenvalue weighted by molar-refractivity contribution is 9.10. The Bertz CT molecular complexity index is 498. The van der Waals surface area contributed by atoms with Crippen LogP contribution in [0.4, 0.5) is 5.82 Å². The molecule has 1 atom stereocenters. The van der Waals surface area contributed by atoms with E-state index in [0.29, 0.717) is 28.8 Å². The lowest BCUT2D eigenvalue weighted by atomic mass is 10.1. The molecule has 1 aliphatic heterocycles. The summed E-state index contributed by atoms with van der Waals surface area (Å²) >= 11 is 3.30. The Hall–Kier alpha value is -1.45. The first-order valence-electron chi connectivity index (χ1n) is 5.12. The molecule has 0 saturated carbocycles. The third-order valence-electron chi connectivity index (χ3n) is 2.67. The van der Waals surface area contributed by atoms with Crippen LogP contribution in [-0.4, -0.2) is 29.1 Å². The number of nitriles is 1. The molecule has 0 spiro atoms. The average molecular weight is 296 g/mol. The van der Waals surface area contributed by atoms with Gasteiger partial charge >= 0.3 is 0 Å². The minimum atomic E-state index is -0.0537. The van der Waals surface area contributed by atoms with E-state index in [-0.39, 0.29) is 18.4 Å². The van der Waals surface area contributed by atoms with Crippen molar-refractivity contribution >= 4 is 27.7 Å². The summed E-state index contributed by atoms with van der Waals surface area (Å²) in [6.45, 7) is 0.461. The summed E-state index contributed by atoms with van der Waals surface area (Å²) in [5.74, 6) is 0.416. The lowest BCUT2D eigenvalue weighted by molar-refractivity contribution is -0.117. The van der Waals surface area contributed by atoms with E-state index in [1.807, 2.05) is 6.07 Å². The maximum Gasteiger partial charge on any atom is 0.228 e. The van der Waals surface area contributed by atoms with Gasteiger partial charge in [0.05, 0.1) is 10.0 Å². The van der Waals surface area contributed by atoms with Crippen molar-refractivity contribution in [1.29, 1.82) is 5.26 Å². The molecule has 6 heteroatoms. The monoisotopic (exact) mass is 295 g/mol. The number of aliphatic hydroxyl groups excluding tert-OH is 1. The van der Waals surface area contributed by atoms with Crippen molar-refractivity contribution in [1.82, 2.24) is 4.98 Å². The van der Waals surface area contributed by atoms with Crippen LogP contribution in [0.5, 0.6) is 0 Å². The largest absolute Gasteiger partial charge is 0.396 e. The number of halogens is 1. The zero-order chi connectivity index (χ0) is 12.4. The van der Waals surface area contributed by atoms with Crippen LogP contribution in [0.25, 0.3) is 0 Å². The number of hydrogen-bond donors (Lipinski definition) is 1. The average Bonchev–Trinajstić information content (AvgIpc) is 2.70. The Kier molecular flexibility index (Phi) is 3.41. The summed E-state index contributed by atoms with van der Waals surface area (Å²) in [5, 5.41) is 17.8. The minimum Gasteiger partial charge on any atom is -0.396 e. The SMILES string of the molecule is N#Cc1cnc(N2CC(CO)CC2=O)c(Br)c1. The Morgan fingerprint density at radius 3 is 3.00 bits per heavy atom. The fraction of sp³-hybridized carbons (Fsp3) is 0.364. The van der Waals surface area contributed by atoms with Gasteiger partial charge in [-0.2, -0.15) is 5.26 Å². The third kappa shape index (κ3) is 2.30. The molecule has 2 heterocycles. The first-order valence-corrected chi connectivity index (χ1v) is 5.92. The van der Waals surface area contributed by atoms with Gasteiger partial charge in [-0.05, 0) is 22.0 Å². The van der Waals surface area contributed by atoms with Crippen molar-refractivity contribution < 1.29 is 9.90 Å². The van der Waals surface area contributed by atoms with Crippen LogP contribution in [0.3, 0.4) is 0 Å². The molecule has 0 bridgehead atoms. The lowest BCUT2D eigenvalue weighted by Gasteiger charge is -2.16. The van der Waals surface area contributed by atoms with Gasteiger partial charge in [0.2, 0.25) is 5.91 Å². The van der Waals surface area contributed by atoms with Crippen LogP contribution in [0.1, 0.15) is 12.0 Å². The summed E-state index contributed by atoms with van der Waals surface area (Å²) in [7, 11) is 0. The molecule has 1 fully saturated rings. The van der Waals surface area contributed by atoms with Crippen LogP contribution in [0, 0.1) is 17.2 Å². The molecule has 1 amide bonds. The first kappa shape index (κ1) is 12.0. The summed E-state index contributed by atoms with van der Waals surface area (Å²) in [6.07, 6.45) is 1.77. The molecule has 1 aromatic rings. The molecule has 0 radical (unpaired) electrons. The van der Waals surface area contributed by atoms with Crippen LogP contribution < -0.4 is 4.90 Å². The smallest absolute Gasteiger partial charge is 0.228 e. The Morgan fingerprint density at radius 1 is 1.71 bits per heavy atom. The van der Waals surface area contributed by atoms with Crippen LogP contribution >= 0.6 is 15.9 Å². The standard InChI is InChI=1S/C11H10BrN3O2/c12-9-1-7(3-13)4-14-11(9)15-5-8(6-16)2-10(15)17/h1,4,8,16H,2,5-6H2. The summed E-state index contributed by atoms with van der Waals surface area (Å²) in [6, 6.07) is 3.61. The maximum atomic E-state index is 11.7. The van der Waals surface area contributed by atoms with E-state index in [0.717, 1.165) is 0 Å². The predicted octanol–water partition coefficient (Wildman–Crippen LogP) is 1.06. The quantitative estimate of drug-likeness (QED) is 0.885. The molecule has 88 valence electrons. The maximum absolute atomic E-state index is 11.7. The number of nitrogens with zero attached hydrogens (tertiary/aromatic N) is 3. The van der Waals surface area contributed by atoms with Gasteiger partial charge in [0.25, 0.3) is 0 Å². The second-order valence-electron chi connectivity index (χ2n) is 3.90. The molecule has 1 saturated heterocycles.